The molecule has 0 saturated heterocycles. The zero-order valence-corrected chi connectivity index (χ0v) is 13.7. The molecule has 0 saturated carbocycles. The molecule has 1 aromatic carbocycles. The van der Waals surface area contributed by atoms with E-state index in [9.17, 15) is 9.59 Å². The Kier molecular flexibility index (Phi) is 6.17. The molecule has 1 rings (SSSR count). The largest absolute Gasteiger partial charge is 0.480 e. The van der Waals surface area contributed by atoms with E-state index in [0.29, 0.717) is 14.5 Å². The van der Waals surface area contributed by atoms with Crippen molar-refractivity contribution in [2.24, 2.45) is 5.92 Å². The second-order valence-electron chi connectivity index (χ2n) is 4.29. The molecule has 0 bridgehead atoms. The minimum atomic E-state index is -1.16. The van der Waals surface area contributed by atoms with E-state index < -0.39 is 23.8 Å². The van der Waals surface area contributed by atoms with E-state index in [2.05, 4.69) is 37.2 Å². The topological polar surface area (TPSA) is 90.2 Å². The molecule has 0 heterocycles. The Balaban J connectivity index is 2.86. The number of nitriles is 1. The van der Waals surface area contributed by atoms with Gasteiger partial charge < -0.3 is 10.4 Å². The molecule has 0 radical (unpaired) electrons. The van der Waals surface area contributed by atoms with Crippen LogP contribution < -0.4 is 5.32 Å². The summed E-state index contributed by atoms with van der Waals surface area (Å²) in [6.45, 7) is 1.61. The van der Waals surface area contributed by atoms with Crippen molar-refractivity contribution in [2.45, 2.75) is 19.4 Å². The third-order valence-corrected chi connectivity index (χ3v) is 3.45. The summed E-state index contributed by atoms with van der Waals surface area (Å²) in [6.07, 6.45) is 0.0622. The van der Waals surface area contributed by atoms with Gasteiger partial charge in [-0.2, -0.15) is 5.26 Å². The lowest BCUT2D eigenvalue weighted by Gasteiger charge is -2.15. The molecule has 106 valence electrons. The summed E-state index contributed by atoms with van der Waals surface area (Å²) in [7, 11) is 0. The minimum Gasteiger partial charge on any atom is -0.480 e. The fourth-order valence-electron chi connectivity index (χ4n) is 1.55. The van der Waals surface area contributed by atoms with Crippen LogP contribution in [0.4, 0.5) is 0 Å². The fourth-order valence-corrected chi connectivity index (χ4v) is 2.85. The summed E-state index contributed by atoms with van der Waals surface area (Å²) < 4.78 is 1.41. The first-order chi connectivity index (χ1) is 9.33. The maximum atomic E-state index is 12.0. The molecular formula is C13H12Br2N2O3. The number of nitrogens with zero attached hydrogens (tertiary/aromatic N) is 1. The molecule has 1 amide bonds. The second kappa shape index (κ2) is 7.41. The second-order valence-corrected chi connectivity index (χ2v) is 6.12. The molecule has 7 heteroatoms. The average molecular weight is 404 g/mol. The van der Waals surface area contributed by atoms with E-state index in [1.54, 1.807) is 25.1 Å². The highest BCUT2D eigenvalue weighted by molar-refractivity contribution is 9.11. The van der Waals surface area contributed by atoms with Crippen LogP contribution in [-0.2, 0) is 4.79 Å². The summed E-state index contributed by atoms with van der Waals surface area (Å²) in [5, 5.41) is 20.2. The van der Waals surface area contributed by atoms with Gasteiger partial charge in [-0.3, -0.25) is 4.79 Å². The Morgan fingerprint density at radius 1 is 1.35 bits per heavy atom. The first-order valence-corrected chi connectivity index (χ1v) is 7.31. The number of carboxylic acid groups (broad SMARTS) is 1. The van der Waals surface area contributed by atoms with Crippen LogP contribution in [0.3, 0.4) is 0 Å². The molecule has 1 aromatic rings. The van der Waals surface area contributed by atoms with Gasteiger partial charge in [-0.25, -0.2) is 4.79 Å². The Hall–Kier alpha value is -1.39. The van der Waals surface area contributed by atoms with Crippen LogP contribution in [0.5, 0.6) is 0 Å². The minimum absolute atomic E-state index is 0.0622. The van der Waals surface area contributed by atoms with Gasteiger partial charge in [0.25, 0.3) is 5.91 Å². The summed E-state index contributed by atoms with van der Waals surface area (Å²) in [5.41, 5.74) is 0.335. The van der Waals surface area contributed by atoms with E-state index in [1.165, 1.54) is 0 Å². The zero-order chi connectivity index (χ0) is 15.3. The maximum Gasteiger partial charge on any atom is 0.326 e. The number of carbonyl (C=O) groups excluding carboxylic acids is 1. The molecule has 0 fully saturated rings. The molecule has 0 spiro atoms. The number of carbonyl (C=O) groups is 2. The summed E-state index contributed by atoms with van der Waals surface area (Å²) in [5.74, 6) is -2.11. The van der Waals surface area contributed by atoms with Crippen molar-refractivity contribution in [3.63, 3.8) is 0 Å². The molecule has 0 unspecified atom stereocenters. The zero-order valence-electron chi connectivity index (χ0n) is 10.6. The van der Waals surface area contributed by atoms with Gasteiger partial charge in [-0.05, 0) is 31.5 Å². The fraction of sp³-hybridized carbons (Fsp3) is 0.308. The van der Waals surface area contributed by atoms with Crippen LogP contribution in [0, 0.1) is 17.2 Å². The molecular weight excluding hydrogens is 392 g/mol. The van der Waals surface area contributed by atoms with Gasteiger partial charge in [0.05, 0.1) is 6.07 Å². The van der Waals surface area contributed by atoms with Gasteiger partial charge in [-0.1, -0.05) is 31.9 Å². The van der Waals surface area contributed by atoms with Crippen molar-refractivity contribution in [2.75, 3.05) is 0 Å². The Morgan fingerprint density at radius 3 is 2.35 bits per heavy atom. The van der Waals surface area contributed by atoms with Crippen molar-refractivity contribution in [1.82, 2.24) is 5.32 Å². The summed E-state index contributed by atoms with van der Waals surface area (Å²) >= 11 is 6.52. The van der Waals surface area contributed by atoms with Gasteiger partial charge in [-0.15, -0.1) is 0 Å². The normalized spacial score (nSPS) is 13.1. The maximum absolute atomic E-state index is 12.0. The Bertz CT molecular complexity index is 549. The lowest BCUT2D eigenvalue weighted by Crippen LogP contribution is -2.41. The Labute approximate surface area is 133 Å². The predicted molar refractivity (Wildman–Crippen MR) is 80.1 cm³/mol. The SMILES string of the molecule is C[C@@H](C#N)C[C@H](NC(=O)c1cc(Br)cc(Br)c1)C(=O)O. The monoisotopic (exact) mass is 402 g/mol. The number of nitrogens with one attached hydrogen (secondary N) is 1. The first kappa shape index (κ1) is 16.7. The highest BCUT2D eigenvalue weighted by atomic mass is 79.9. The predicted octanol–water partition coefficient (Wildman–Crippen LogP) is 2.94. The number of benzene rings is 1. The van der Waals surface area contributed by atoms with E-state index in [-0.39, 0.29) is 6.42 Å². The standard InChI is InChI=1S/C13H12Br2N2O3/c1-7(6-16)2-11(13(19)20)17-12(18)8-3-9(14)5-10(15)4-8/h3-5,7,11H,2H2,1H3,(H,17,18)(H,19,20)/t7-,11+/m1/s1. The van der Waals surface area contributed by atoms with Gasteiger partial charge in [0, 0.05) is 20.4 Å². The third kappa shape index (κ3) is 4.94. The van der Waals surface area contributed by atoms with Crippen molar-refractivity contribution >= 4 is 43.7 Å². The third-order valence-electron chi connectivity index (χ3n) is 2.54. The smallest absolute Gasteiger partial charge is 0.326 e. The highest BCUT2D eigenvalue weighted by Crippen LogP contribution is 2.20. The van der Waals surface area contributed by atoms with Gasteiger partial charge >= 0.3 is 5.97 Å². The van der Waals surface area contributed by atoms with Crippen molar-refractivity contribution in [3.05, 3.63) is 32.7 Å². The number of halogens is 2. The molecule has 0 aliphatic heterocycles. The van der Waals surface area contributed by atoms with Crippen molar-refractivity contribution in [1.29, 1.82) is 5.26 Å². The molecule has 0 aliphatic rings. The number of hydrogen-bond donors (Lipinski definition) is 2. The van der Waals surface area contributed by atoms with Crippen LogP contribution >= 0.6 is 31.9 Å². The Morgan fingerprint density at radius 2 is 1.90 bits per heavy atom. The summed E-state index contributed by atoms with van der Waals surface area (Å²) in [4.78, 5) is 23.1. The van der Waals surface area contributed by atoms with Gasteiger partial charge in [0.1, 0.15) is 6.04 Å². The van der Waals surface area contributed by atoms with Crippen LogP contribution in [0.25, 0.3) is 0 Å². The lowest BCUT2D eigenvalue weighted by molar-refractivity contribution is -0.139. The van der Waals surface area contributed by atoms with E-state index >= 15 is 0 Å². The summed E-state index contributed by atoms with van der Waals surface area (Å²) in [6, 6.07) is 5.81. The van der Waals surface area contributed by atoms with Gasteiger partial charge in [0.2, 0.25) is 0 Å². The first-order valence-electron chi connectivity index (χ1n) is 5.73. The average Bonchev–Trinajstić information content (AvgIpc) is 2.36. The molecule has 0 aromatic heterocycles. The number of carboxylic acids is 1. The quantitative estimate of drug-likeness (QED) is 0.790. The molecule has 5 nitrogen and oxygen atoms in total. The molecule has 2 N–H and O–H groups in total. The number of amides is 1. The van der Waals surface area contributed by atoms with Crippen molar-refractivity contribution in [3.8, 4) is 6.07 Å². The number of rotatable bonds is 5. The lowest BCUT2D eigenvalue weighted by atomic mass is 10.0. The molecule has 0 aliphatic carbocycles. The van der Waals surface area contributed by atoms with E-state index in [0.717, 1.165) is 0 Å². The van der Waals surface area contributed by atoms with Gasteiger partial charge in [0.15, 0.2) is 0 Å². The van der Waals surface area contributed by atoms with E-state index in [4.69, 9.17) is 10.4 Å². The van der Waals surface area contributed by atoms with Crippen LogP contribution in [0.1, 0.15) is 23.7 Å². The number of hydrogen-bond acceptors (Lipinski definition) is 3. The van der Waals surface area contributed by atoms with Crippen LogP contribution in [-0.4, -0.2) is 23.0 Å². The van der Waals surface area contributed by atoms with Crippen LogP contribution in [0.15, 0.2) is 27.1 Å². The molecule has 20 heavy (non-hydrogen) atoms. The van der Waals surface area contributed by atoms with E-state index in [1.807, 2.05) is 6.07 Å². The number of aliphatic carboxylic acids is 1. The molecule has 2 atom stereocenters. The van der Waals surface area contributed by atoms with Crippen LogP contribution in [0.2, 0.25) is 0 Å². The van der Waals surface area contributed by atoms with Crippen molar-refractivity contribution < 1.29 is 14.7 Å². The highest BCUT2D eigenvalue weighted by Gasteiger charge is 2.23.